The summed E-state index contributed by atoms with van der Waals surface area (Å²) in [7, 11) is 1.62. The zero-order chi connectivity index (χ0) is 18.7. The Balaban J connectivity index is 1.73. The van der Waals surface area contributed by atoms with Crippen molar-refractivity contribution in [3.8, 4) is 5.75 Å². The summed E-state index contributed by atoms with van der Waals surface area (Å²) in [5.74, 6) is 0.599. The van der Waals surface area contributed by atoms with Gasteiger partial charge in [-0.15, -0.1) is 0 Å². The van der Waals surface area contributed by atoms with Crippen molar-refractivity contribution < 1.29 is 14.3 Å². The molecule has 2 aromatic carbocycles. The number of hydrogen-bond acceptors (Lipinski definition) is 3. The molecule has 1 atom stereocenters. The Morgan fingerprint density at radius 1 is 1.15 bits per heavy atom. The molecular formula is C21H24N2O3. The van der Waals surface area contributed by atoms with Gasteiger partial charge in [-0.25, -0.2) is 0 Å². The second-order valence-electron chi connectivity index (χ2n) is 6.67. The van der Waals surface area contributed by atoms with Crippen molar-refractivity contribution in [1.82, 2.24) is 4.90 Å². The number of anilines is 1. The summed E-state index contributed by atoms with van der Waals surface area (Å²) in [4.78, 5) is 28.4. The van der Waals surface area contributed by atoms with Crippen LogP contribution in [0.25, 0.3) is 0 Å². The molecular weight excluding hydrogens is 328 g/mol. The summed E-state index contributed by atoms with van der Waals surface area (Å²) in [5.41, 5.74) is 3.10. The van der Waals surface area contributed by atoms with Gasteiger partial charge in [0.1, 0.15) is 12.3 Å². The van der Waals surface area contributed by atoms with Crippen LogP contribution in [0.15, 0.2) is 48.5 Å². The second-order valence-corrected chi connectivity index (χ2v) is 6.67. The minimum atomic E-state index is -0.116. The summed E-state index contributed by atoms with van der Waals surface area (Å²) in [6, 6.07) is 15.6. The minimum absolute atomic E-state index is 0.0499. The zero-order valence-electron chi connectivity index (χ0n) is 15.4. The van der Waals surface area contributed by atoms with E-state index in [4.69, 9.17) is 4.74 Å². The van der Waals surface area contributed by atoms with Crippen LogP contribution in [0, 0.1) is 0 Å². The molecule has 2 amide bonds. The minimum Gasteiger partial charge on any atom is -0.497 e. The number of rotatable bonds is 5. The van der Waals surface area contributed by atoms with Crippen LogP contribution in [0.3, 0.4) is 0 Å². The molecule has 1 heterocycles. The third-order valence-corrected chi connectivity index (χ3v) is 4.78. The maximum atomic E-state index is 12.9. The molecule has 0 radical (unpaired) electrons. The van der Waals surface area contributed by atoms with E-state index in [2.05, 4.69) is 6.07 Å². The highest BCUT2D eigenvalue weighted by Crippen LogP contribution is 2.31. The van der Waals surface area contributed by atoms with Crippen molar-refractivity contribution in [1.29, 1.82) is 0 Å². The highest BCUT2D eigenvalue weighted by atomic mass is 16.5. The van der Waals surface area contributed by atoms with Gasteiger partial charge in [0.25, 0.3) is 0 Å². The third kappa shape index (κ3) is 3.72. The van der Waals surface area contributed by atoms with Crippen LogP contribution in [0.5, 0.6) is 5.75 Å². The van der Waals surface area contributed by atoms with Gasteiger partial charge in [0.15, 0.2) is 0 Å². The van der Waals surface area contributed by atoms with E-state index in [-0.39, 0.29) is 24.4 Å². The molecule has 5 nitrogen and oxygen atoms in total. The molecule has 1 aliphatic heterocycles. The van der Waals surface area contributed by atoms with Crippen LogP contribution < -0.4 is 9.64 Å². The van der Waals surface area contributed by atoms with Crippen molar-refractivity contribution in [3.63, 3.8) is 0 Å². The van der Waals surface area contributed by atoms with E-state index in [9.17, 15) is 9.59 Å². The highest BCUT2D eigenvalue weighted by molar-refractivity contribution is 5.98. The second kappa shape index (κ2) is 7.60. The fourth-order valence-corrected chi connectivity index (χ4v) is 3.41. The molecule has 1 unspecified atom stereocenters. The molecule has 26 heavy (non-hydrogen) atoms. The Morgan fingerprint density at radius 2 is 1.85 bits per heavy atom. The predicted molar refractivity (Wildman–Crippen MR) is 101 cm³/mol. The zero-order valence-corrected chi connectivity index (χ0v) is 15.4. The molecule has 0 N–H and O–H groups in total. The number of amides is 2. The summed E-state index contributed by atoms with van der Waals surface area (Å²) in [5, 5.41) is 0. The summed E-state index contributed by atoms with van der Waals surface area (Å²) in [6.45, 7) is 4.01. The van der Waals surface area contributed by atoms with Gasteiger partial charge in [-0.1, -0.05) is 30.3 Å². The van der Waals surface area contributed by atoms with Gasteiger partial charge in [0, 0.05) is 25.2 Å². The number of hydrogen-bond donors (Lipinski definition) is 0. The van der Waals surface area contributed by atoms with Crippen LogP contribution in [0.1, 0.15) is 25.0 Å². The first-order valence-electron chi connectivity index (χ1n) is 8.78. The van der Waals surface area contributed by atoms with E-state index in [0.717, 1.165) is 23.4 Å². The van der Waals surface area contributed by atoms with Crippen LogP contribution in [-0.2, 0) is 22.6 Å². The molecule has 0 saturated heterocycles. The largest absolute Gasteiger partial charge is 0.497 e. The number of benzene rings is 2. The number of carbonyl (C=O) groups is 2. The maximum Gasteiger partial charge on any atom is 0.246 e. The number of para-hydroxylation sites is 1. The van der Waals surface area contributed by atoms with Crippen LogP contribution in [-0.4, -0.2) is 36.4 Å². The molecule has 1 aliphatic rings. The molecule has 0 saturated carbocycles. The van der Waals surface area contributed by atoms with Crippen LogP contribution >= 0.6 is 0 Å². The van der Waals surface area contributed by atoms with E-state index >= 15 is 0 Å². The first-order valence-corrected chi connectivity index (χ1v) is 8.78. The SMILES string of the molecule is COc1ccc(CN(CC(=O)N2c3ccccc3CC2C)C(C)=O)cc1. The van der Waals surface area contributed by atoms with Gasteiger partial charge < -0.3 is 14.5 Å². The van der Waals surface area contributed by atoms with Crippen LogP contribution in [0.4, 0.5) is 5.69 Å². The average Bonchev–Trinajstić information content (AvgIpc) is 2.97. The maximum absolute atomic E-state index is 12.9. The summed E-state index contributed by atoms with van der Waals surface area (Å²) in [6.07, 6.45) is 0.848. The van der Waals surface area contributed by atoms with Crippen molar-refractivity contribution in [3.05, 3.63) is 59.7 Å². The van der Waals surface area contributed by atoms with E-state index in [1.807, 2.05) is 54.3 Å². The molecule has 0 bridgehead atoms. The lowest BCUT2D eigenvalue weighted by molar-refractivity contribution is -0.134. The normalized spacial score (nSPS) is 15.5. The monoisotopic (exact) mass is 352 g/mol. The number of nitrogens with zero attached hydrogens (tertiary/aromatic N) is 2. The van der Waals surface area contributed by atoms with Gasteiger partial charge in [-0.3, -0.25) is 9.59 Å². The fraction of sp³-hybridized carbons (Fsp3) is 0.333. The van der Waals surface area contributed by atoms with Gasteiger partial charge >= 0.3 is 0 Å². The van der Waals surface area contributed by atoms with Gasteiger partial charge in [0.2, 0.25) is 11.8 Å². The summed E-state index contributed by atoms with van der Waals surface area (Å²) >= 11 is 0. The first kappa shape index (κ1) is 18.0. The summed E-state index contributed by atoms with van der Waals surface area (Å²) < 4.78 is 5.16. The van der Waals surface area contributed by atoms with Crippen molar-refractivity contribution in [2.75, 3.05) is 18.6 Å². The Morgan fingerprint density at radius 3 is 2.50 bits per heavy atom. The lowest BCUT2D eigenvalue weighted by Gasteiger charge is -2.27. The van der Waals surface area contributed by atoms with Crippen molar-refractivity contribution in [2.45, 2.75) is 32.9 Å². The third-order valence-electron chi connectivity index (χ3n) is 4.78. The van der Waals surface area contributed by atoms with Crippen molar-refractivity contribution in [2.24, 2.45) is 0 Å². The Hall–Kier alpha value is -2.82. The Labute approximate surface area is 154 Å². The molecule has 5 heteroatoms. The quantitative estimate of drug-likeness (QED) is 0.831. The number of fused-ring (bicyclic) bond motifs is 1. The average molecular weight is 352 g/mol. The standard InChI is InChI=1S/C21H24N2O3/c1-15-12-18-6-4-5-7-20(18)23(15)21(25)14-22(16(2)24)13-17-8-10-19(26-3)11-9-17/h4-11,15H,12-14H2,1-3H3. The molecule has 2 aromatic rings. The van der Waals surface area contributed by atoms with E-state index in [1.54, 1.807) is 12.0 Å². The first-order chi connectivity index (χ1) is 12.5. The van der Waals surface area contributed by atoms with Gasteiger partial charge in [-0.2, -0.15) is 0 Å². The Kier molecular flexibility index (Phi) is 5.26. The van der Waals surface area contributed by atoms with Gasteiger partial charge in [-0.05, 0) is 42.7 Å². The van der Waals surface area contributed by atoms with E-state index < -0.39 is 0 Å². The van der Waals surface area contributed by atoms with Crippen molar-refractivity contribution >= 4 is 17.5 Å². The molecule has 3 rings (SSSR count). The van der Waals surface area contributed by atoms with Gasteiger partial charge in [0.05, 0.1) is 7.11 Å². The molecule has 0 fully saturated rings. The molecule has 136 valence electrons. The molecule has 0 spiro atoms. The Bertz CT molecular complexity index is 801. The smallest absolute Gasteiger partial charge is 0.246 e. The highest BCUT2D eigenvalue weighted by Gasteiger charge is 2.31. The number of ether oxygens (including phenoxy) is 1. The van der Waals surface area contributed by atoms with Crippen LogP contribution in [0.2, 0.25) is 0 Å². The lowest BCUT2D eigenvalue weighted by atomic mass is 10.1. The molecule has 0 aliphatic carbocycles. The van der Waals surface area contributed by atoms with E-state index in [1.165, 1.54) is 12.5 Å². The number of methoxy groups -OCH3 is 1. The van der Waals surface area contributed by atoms with E-state index in [0.29, 0.717) is 6.54 Å². The topological polar surface area (TPSA) is 49.9 Å². The molecule has 0 aromatic heterocycles. The fourth-order valence-electron chi connectivity index (χ4n) is 3.41. The predicted octanol–water partition coefficient (Wildman–Crippen LogP) is 3.02. The number of carbonyl (C=O) groups excluding carboxylic acids is 2. The lowest BCUT2D eigenvalue weighted by Crippen LogP contribution is -2.44.